The Morgan fingerprint density at radius 2 is 1.65 bits per heavy atom. The van der Waals surface area contributed by atoms with Gasteiger partial charge in [-0.25, -0.2) is 0 Å². The van der Waals surface area contributed by atoms with Gasteiger partial charge in [-0.15, -0.1) is 0 Å². The van der Waals surface area contributed by atoms with Gasteiger partial charge in [0.15, 0.2) is 0 Å². The minimum atomic E-state index is -3.16. The van der Waals surface area contributed by atoms with Crippen LogP contribution in [0.4, 0.5) is 0 Å². The number of aliphatic hydroxyl groups is 1. The molecule has 1 N–H and O–H groups in total. The minimum absolute atomic E-state index is 0.474. The van der Waals surface area contributed by atoms with Crippen molar-refractivity contribution >= 4 is 12.7 Å². The molecule has 0 amide bonds. The van der Waals surface area contributed by atoms with Crippen LogP contribution in [0.15, 0.2) is 48.5 Å². The summed E-state index contributed by atoms with van der Waals surface area (Å²) in [6.07, 6.45) is -0.474. The van der Waals surface area contributed by atoms with Gasteiger partial charge in [0.1, 0.15) is 12.1 Å². The molecule has 0 saturated heterocycles. The third kappa shape index (κ3) is 1.51. The summed E-state index contributed by atoms with van der Waals surface area (Å²) in [4.78, 5) is 0. The standard InChI is InChI=1S/C13H11O3P/c14-9-17(15)13-8-4-2-6-11(13)10-5-1-3-7-12(10)16-17/h1-8,14H,9H2. The van der Waals surface area contributed by atoms with Crippen molar-refractivity contribution in [2.24, 2.45) is 0 Å². The van der Waals surface area contributed by atoms with Crippen molar-refractivity contribution in [3.8, 4) is 16.9 Å². The van der Waals surface area contributed by atoms with Gasteiger partial charge in [-0.1, -0.05) is 36.4 Å². The molecular formula is C13H11O3P. The molecule has 0 spiro atoms. The van der Waals surface area contributed by atoms with E-state index in [1.54, 1.807) is 18.2 Å². The van der Waals surface area contributed by atoms with Gasteiger partial charge < -0.3 is 9.63 Å². The van der Waals surface area contributed by atoms with E-state index < -0.39 is 13.7 Å². The fourth-order valence-corrected chi connectivity index (χ4v) is 3.74. The minimum Gasteiger partial charge on any atom is -0.438 e. The Labute approximate surface area is 99.1 Å². The van der Waals surface area contributed by atoms with E-state index in [4.69, 9.17) is 4.52 Å². The molecule has 1 aliphatic heterocycles. The van der Waals surface area contributed by atoms with E-state index in [0.717, 1.165) is 11.1 Å². The first-order chi connectivity index (χ1) is 8.24. The highest BCUT2D eigenvalue weighted by molar-refractivity contribution is 7.67. The first kappa shape index (κ1) is 10.6. The van der Waals surface area contributed by atoms with E-state index >= 15 is 0 Å². The summed E-state index contributed by atoms with van der Waals surface area (Å²) in [5.74, 6) is 0.573. The van der Waals surface area contributed by atoms with Gasteiger partial charge in [0.05, 0.1) is 5.30 Å². The lowest BCUT2D eigenvalue weighted by Crippen LogP contribution is -2.19. The number of hydrogen-bond acceptors (Lipinski definition) is 3. The zero-order valence-electron chi connectivity index (χ0n) is 9.04. The summed E-state index contributed by atoms with van der Waals surface area (Å²) in [6.45, 7) is 0. The van der Waals surface area contributed by atoms with E-state index in [0.29, 0.717) is 11.1 Å². The first-order valence-electron chi connectivity index (χ1n) is 5.33. The molecule has 2 aromatic rings. The van der Waals surface area contributed by atoms with E-state index in [1.165, 1.54) is 0 Å². The largest absolute Gasteiger partial charge is 0.438 e. The second kappa shape index (κ2) is 3.73. The normalized spacial score (nSPS) is 21.2. The molecule has 3 nitrogen and oxygen atoms in total. The monoisotopic (exact) mass is 246 g/mol. The van der Waals surface area contributed by atoms with Gasteiger partial charge in [-0.05, 0) is 17.7 Å². The third-order valence-corrected chi connectivity index (χ3v) is 4.87. The SMILES string of the molecule is O=P1(CO)Oc2ccccc2-c2ccccc21. The molecule has 86 valence electrons. The van der Waals surface area contributed by atoms with Crippen molar-refractivity contribution in [2.75, 3.05) is 6.35 Å². The van der Waals surface area contributed by atoms with Gasteiger partial charge in [-0.2, -0.15) is 0 Å². The van der Waals surface area contributed by atoms with Crippen LogP contribution in [-0.2, 0) is 4.57 Å². The van der Waals surface area contributed by atoms with E-state index in [-0.39, 0.29) is 0 Å². The summed E-state index contributed by atoms with van der Waals surface area (Å²) in [5.41, 5.74) is 1.80. The summed E-state index contributed by atoms with van der Waals surface area (Å²) < 4.78 is 18.0. The van der Waals surface area contributed by atoms with Crippen LogP contribution >= 0.6 is 7.37 Å². The number of rotatable bonds is 1. The average molecular weight is 246 g/mol. The van der Waals surface area contributed by atoms with Crippen molar-refractivity contribution in [2.45, 2.75) is 0 Å². The Morgan fingerprint density at radius 1 is 1.00 bits per heavy atom. The van der Waals surface area contributed by atoms with E-state index in [1.807, 2.05) is 30.3 Å². The highest BCUT2D eigenvalue weighted by atomic mass is 31.2. The molecule has 17 heavy (non-hydrogen) atoms. The summed E-state index contributed by atoms with van der Waals surface area (Å²) in [7, 11) is -3.16. The lowest BCUT2D eigenvalue weighted by molar-refractivity contribution is 0.339. The average Bonchev–Trinajstić information content (AvgIpc) is 2.39. The number of benzene rings is 2. The molecule has 1 aliphatic rings. The lowest BCUT2D eigenvalue weighted by atomic mass is 10.0. The Bertz CT molecular complexity index is 622. The predicted octanol–water partition coefficient (Wildman–Crippen LogP) is 2.60. The van der Waals surface area contributed by atoms with Crippen molar-refractivity contribution in [1.29, 1.82) is 0 Å². The number of hydrogen-bond donors (Lipinski definition) is 1. The molecule has 0 fully saturated rings. The van der Waals surface area contributed by atoms with Gasteiger partial charge >= 0.3 is 7.37 Å². The predicted molar refractivity (Wildman–Crippen MR) is 66.8 cm³/mol. The van der Waals surface area contributed by atoms with Crippen LogP contribution in [0.5, 0.6) is 5.75 Å². The van der Waals surface area contributed by atoms with Crippen LogP contribution in [0.25, 0.3) is 11.1 Å². The summed E-state index contributed by atoms with van der Waals surface area (Å²) >= 11 is 0. The Hall–Kier alpha value is -1.57. The second-order valence-corrected chi connectivity index (χ2v) is 6.21. The molecule has 0 saturated carbocycles. The van der Waals surface area contributed by atoms with Gasteiger partial charge in [0, 0.05) is 5.56 Å². The zero-order chi connectivity index (χ0) is 11.9. The molecular weight excluding hydrogens is 235 g/mol. The maximum absolute atomic E-state index is 12.5. The molecule has 1 atom stereocenters. The fraction of sp³-hybridized carbons (Fsp3) is 0.0769. The molecule has 3 rings (SSSR count). The second-order valence-electron chi connectivity index (χ2n) is 3.92. The van der Waals surface area contributed by atoms with Gasteiger partial charge in [-0.3, -0.25) is 4.57 Å². The first-order valence-corrected chi connectivity index (χ1v) is 7.14. The number of fused-ring (bicyclic) bond motifs is 3. The smallest absolute Gasteiger partial charge is 0.302 e. The zero-order valence-corrected chi connectivity index (χ0v) is 9.93. The Balaban J connectivity index is 2.34. The Morgan fingerprint density at radius 3 is 2.41 bits per heavy atom. The molecule has 1 unspecified atom stereocenters. The topological polar surface area (TPSA) is 46.5 Å². The molecule has 0 bridgehead atoms. The fourth-order valence-electron chi connectivity index (χ4n) is 2.08. The van der Waals surface area contributed by atoms with Crippen LogP contribution in [-0.4, -0.2) is 11.5 Å². The van der Waals surface area contributed by atoms with Crippen LogP contribution in [0.1, 0.15) is 0 Å². The molecule has 4 heteroatoms. The molecule has 2 aromatic carbocycles. The molecule has 0 radical (unpaired) electrons. The molecule has 0 aliphatic carbocycles. The highest BCUT2D eigenvalue weighted by Crippen LogP contribution is 2.53. The van der Waals surface area contributed by atoms with E-state index in [9.17, 15) is 9.67 Å². The van der Waals surface area contributed by atoms with Crippen molar-refractivity contribution < 1.29 is 14.2 Å². The number of aliphatic hydroxyl groups excluding tert-OH is 1. The van der Waals surface area contributed by atoms with Crippen molar-refractivity contribution in [3.63, 3.8) is 0 Å². The van der Waals surface area contributed by atoms with Crippen LogP contribution < -0.4 is 9.83 Å². The number of para-hydroxylation sites is 1. The summed E-state index contributed by atoms with van der Waals surface area (Å²) in [6, 6.07) is 14.8. The Kier molecular flexibility index (Phi) is 2.32. The van der Waals surface area contributed by atoms with Crippen LogP contribution in [0.2, 0.25) is 0 Å². The van der Waals surface area contributed by atoms with Crippen molar-refractivity contribution in [3.05, 3.63) is 48.5 Å². The van der Waals surface area contributed by atoms with Crippen molar-refractivity contribution in [1.82, 2.24) is 0 Å². The summed E-state index contributed by atoms with van der Waals surface area (Å²) in [5, 5.41) is 9.93. The molecule has 1 heterocycles. The lowest BCUT2D eigenvalue weighted by Gasteiger charge is -2.27. The van der Waals surface area contributed by atoms with Crippen LogP contribution in [0, 0.1) is 0 Å². The third-order valence-electron chi connectivity index (χ3n) is 2.88. The van der Waals surface area contributed by atoms with Crippen LogP contribution in [0.3, 0.4) is 0 Å². The highest BCUT2D eigenvalue weighted by Gasteiger charge is 2.34. The maximum atomic E-state index is 12.5. The van der Waals surface area contributed by atoms with Gasteiger partial charge in [0.25, 0.3) is 0 Å². The maximum Gasteiger partial charge on any atom is 0.302 e. The quantitative estimate of drug-likeness (QED) is 0.787. The van der Waals surface area contributed by atoms with Gasteiger partial charge in [0.2, 0.25) is 0 Å². The van der Waals surface area contributed by atoms with E-state index in [2.05, 4.69) is 0 Å². The molecule has 0 aromatic heterocycles.